The number of likely N-dealkylation sites (tertiary alicyclic amines) is 1. The number of carbonyl (C=O) groups excluding carboxylic acids is 2. The number of nitrogens with one attached hydrogen (secondary N) is 1. The standard InChI is InChI=1S/C19H29N3O2/c1-19(2,3)18(24)21-13-14-7-9-15(10-8-14)17(23)22-11-5-4-6-16(22)12-20/h7-10,16H,4-6,11-13,20H2,1-3H3,(H,21,24). The van der Waals surface area contributed by atoms with Crippen LogP contribution in [0.1, 0.15) is 56.0 Å². The van der Waals surface area contributed by atoms with Gasteiger partial charge in [-0.1, -0.05) is 32.9 Å². The molecule has 2 rings (SSSR count). The third-order valence-corrected chi connectivity index (χ3v) is 4.50. The van der Waals surface area contributed by atoms with Crippen LogP contribution in [0.5, 0.6) is 0 Å². The van der Waals surface area contributed by atoms with E-state index in [0.29, 0.717) is 18.7 Å². The fourth-order valence-corrected chi connectivity index (χ4v) is 2.89. The average molecular weight is 331 g/mol. The van der Waals surface area contributed by atoms with Crippen molar-refractivity contribution >= 4 is 11.8 Å². The highest BCUT2D eigenvalue weighted by Gasteiger charge is 2.26. The first-order valence-corrected chi connectivity index (χ1v) is 8.71. The highest BCUT2D eigenvalue weighted by Crippen LogP contribution is 2.19. The summed E-state index contributed by atoms with van der Waals surface area (Å²) in [5.41, 5.74) is 7.07. The Morgan fingerprint density at radius 1 is 1.21 bits per heavy atom. The Bertz CT molecular complexity index is 575. The van der Waals surface area contributed by atoms with Gasteiger partial charge in [-0.05, 0) is 37.0 Å². The molecule has 1 unspecified atom stereocenters. The average Bonchev–Trinajstić information content (AvgIpc) is 2.58. The van der Waals surface area contributed by atoms with Crippen LogP contribution in [-0.4, -0.2) is 35.8 Å². The van der Waals surface area contributed by atoms with E-state index >= 15 is 0 Å². The minimum atomic E-state index is -0.401. The molecule has 1 atom stereocenters. The summed E-state index contributed by atoms with van der Waals surface area (Å²) >= 11 is 0. The topological polar surface area (TPSA) is 75.4 Å². The molecule has 1 aromatic rings. The SMILES string of the molecule is CC(C)(C)C(=O)NCc1ccc(C(=O)N2CCCCC2CN)cc1. The Morgan fingerprint density at radius 2 is 1.88 bits per heavy atom. The van der Waals surface area contributed by atoms with Gasteiger partial charge in [-0.2, -0.15) is 0 Å². The maximum atomic E-state index is 12.7. The number of nitrogens with two attached hydrogens (primary N) is 1. The fraction of sp³-hybridized carbons (Fsp3) is 0.579. The van der Waals surface area contributed by atoms with E-state index in [4.69, 9.17) is 5.73 Å². The number of hydrogen-bond donors (Lipinski definition) is 2. The van der Waals surface area contributed by atoms with Gasteiger partial charge in [0.05, 0.1) is 0 Å². The lowest BCUT2D eigenvalue weighted by molar-refractivity contribution is -0.128. The van der Waals surface area contributed by atoms with Gasteiger partial charge in [-0.25, -0.2) is 0 Å². The van der Waals surface area contributed by atoms with Gasteiger partial charge in [-0.3, -0.25) is 9.59 Å². The zero-order valence-electron chi connectivity index (χ0n) is 15.0. The van der Waals surface area contributed by atoms with Gasteiger partial charge < -0.3 is 16.0 Å². The zero-order valence-corrected chi connectivity index (χ0v) is 15.0. The van der Waals surface area contributed by atoms with Crippen LogP contribution in [0.3, 0.4) is 0 Å². The summed E-state index contributed by atoms with van der Waals surface area (Å²) in [6, 6.07) is 7.62. The van der Waals surface area contributed by atoms with Crippen LogP contribution < -0.4 is 11.1 Å². The lowest BCUT2D eigenvalue weighted by atomic mass is 9.95. The van der Waals surface area contributed by atoms with E-state index in [1.165, 1.54) is 0 Å². The number of carbonyl (C=O) groups is 2. The molecule has 1 heterocycles. The fourth-order valence-electron chi connectivity index (χ4n) is 2.89. The van der Waals surface area contributed by atoms with Crippen LogP contribution >= 0.6 is 0 Å². The minimum absolute atomic E-state index is 0.0155. The third-order valence-electron chi connectivity index (χ3n) is 4.50. The summed E-state index contributed by atoms with van der Waals surface area (Å²) in [6.07, 6.45) is 3.16. The van der Waals surface area contributed by atoms with Crippen LogP contribution in [0.4, 0.5) is 0 Å². The number of amides is 2. The van der Waals surface area contributed by atoms with E-state index in [1.54, 1.807) is 0 Å². The normalized spacial score (nSPS) is 18.3. The van der Waals surface area contributed by atoms with E-state index in [-0.39, 0.29) is 17.9 Å². The summed E-state index contributed by atoms with van der Waals surface area (Å²) in [5.74, 6) is 0.0668. The van der Waals surface area contributed by atoms with Crippen LogP contribution in [-0.2, 0) is 11.3 Å². The molecule has 0 aliphatic carbocycles. The van der Waals surface area contributed by atoms with Gasteiger partial charge in [0.2, 0.25) is 5.91 Å². The molecule has 24 heavy (non-hydrogen) atoms. The molecule has 5 heteroatoms. The molecule has 0 radical (unpaired) electrons. The molecule has 5 nitrogen and oxygen atoms in total. The van der Waals surface area contributed by atoms with Gasteiger partial charge in [0.25, 0.3) is 5.91 Å². The number of rotatable bonds is 4. The summed E-state index contributed by atoms with van der Waals surface area (Å²) in [6.45, 7) is 7.43. The van der Waals surface area contributed by atoms with Crippen molar-refractivity contribution in [3.8, 4) is 0 Å². The Balaban J connectivity index is 1.98. The summed E-state index contributed by atoms with van der Waals surface area (Å²) < 4.78 is 0. The summed E-state index contributed by atoms with van der Waals surface area (Å²) in [4.78, 5) is 26.5. The molecule has 0 aromatic heterocycles. The first-order valence-electron chi connectivity index (χ1n) is 8.71. The quantitative estimate of drug-likeness (QED) is 0.889. The lowest BCUT2D eigenvalue weighted by Gasteiger charge is -2.35. The molecule has 1 fully saturated rings. The number of hydrogen-bond acceptors (Lipinski definition) is 3. The van der Waals surface area contributed by atoms with Crippen LogP contribution in [0.15, 0.2) is 24.3 Å². The molecule has 1 aliphatic heterocycles. The van der Waals surface area contributed by atoms with Crippen molar-refractivity contribution in [3.05, 3.63) is 35.4 Å². The van der Waals surface area contributed by atoms with Crippen LogP contribution in [0.25, 0.3) is 0 Å². The van der Waals surface area contributed by atoms with Gasteiger partial charge >= 0.3 is 0 Å². The van der Waals surface area contributed by atoms with Crippen molar-refractivity contribution < 1.29 is 9.59 Å². The molecule has 0 saturated carbocycles. The van der Waals surface area contributed by atoms with Gasteiger partial charge in [0, 0.05) is 36.7 Å². The molecule has 1 aliphatic rings. The van der Waals surface area contributed by atoms with Crippen molar-refractivity contribution in [1.82, 2.24) is 10.2 Å². The zero-order chi connectivity index (χ0) is 17.7. The molecule has 0 bridgehead atoms. The Labute approximate surface area is 144 Å². The third kappa shape index (κ3) is 4.57. The van der Waals surface area contributed by atoms with Crippen molar-refractivity contribution in [3.63, 3.8) is 0 Å². The summed E-state index contributed by atoms with van der Waals surface area (Å²) in [7, 11) is 0. The maximum Gasteiger partial charge on any atom is 0.254 e. The largest absolute Gasteiger partial charge is 0.352 e. The highest BCUT2D eigenvalue weighted by molar-refractivity contribution is 5.94. The van der Waals surface area contributed by atoms with E-state index in [2.05, 4.69) is 5.32 Å². The van der Waals surface area contributed by atoms with Crippen LogP contribution in [0.2, 0.25) is 0 Å². The van der Waals surface area contributed by atoms with Gasteiger partial charge in [0.15, 0.2) is 0 Å². The first kappa shape index (κ1) is 18.5. The number of piperidine rings is 1. The van der Waals surface area contributed by atoms with E-state index in [0.717, 1.165) is 31.4 Å². The molecule has 2 amide bonds. The Kier molecular flexibility index (Phi) is 5.99. The molecule has 132 valence electrons. The Morgan fingerprint density at radius 3 is 2.46 bits per heavy atom. The van der Waals surface area contributed by atoms with Gasteiger partial charge in [0.1, 0.15) is 0 Å². The predicted molar refractivity (Wildman–Crippen MR) is 95.5 cm³/mol. The maximum absolute atomic E-state index is 12.7. The molecule has 1 saturated heterocycles. The molecular formula is C19H29N3O2. The molecular weight excluding hydrogens is 302 g/mol. The van der Waals surface area contributed by atoms with E-state index < -0.39 is 5.41 Å². The lowest BCUT2D eigenvalue weighted by Crippen LogP contribution is -2.47. The number of benzene rings is 1. The second kappa shape index (κ2) is 7.79. The van der Waals surface area contributed by atoms with Crippen molar-refractivity contribution in [2.24, 2.45) is 11.1 Å². The molecule has 3 N–H and O–H groups in total. The Hall–Kier alpha value is -1.88. The second-order valence-corrected chi connectivity index (χ2v) is 7.51. The monoisotopic (exact) mass is 331 g/mol. The van der Waals surface area contributed by atoms with E-state index in [9.17, 15) is 9.59 Å². The first-order chi connectivity index (χ1) is 11.3. The van der Waals surface area contributed by atoms with E-state index in [1.807, 2.05) is 49.9 Å². The van der Waals surface area contributed by atoms with Crippen molar-refractivity contribution in [2.75, 3.05) is 13.1 Å². The summed E-state index contributed by atoms with van der Waals surface area (Å²) in [5, 5.41) is 2.92. The molecule has 0 spiro atoms. The van der Waals surface area contributed by atoms with Crippen molar-refractivity contribution in [2.45, 2.75) is 52.6 Å². The molecule has 1 aromatic carbocycles. The second-order valence-electron chi connectivity index (χ2n) is 7.51. The highest BCUT2D eigenvalue weighted by atomic mass is 16.2. The smallest absolute Gasteiger partial charge is 0.254 e. The number of nitrogens with zero attached hydrogens (tertiary/aromatic N) is 1. The predicted octanol–water partition coefficient (Wildman–Crippen LogP) is 2.30. The van der Waals surface area contributed by atoms with Crippen molar-refractivity contribution in [1.29, 1.82) is 0 Å². The van der Waals surface area contributed by atoms with Crippen LogP contribution in [0, 0.1) is 5.41 Å². The minimum Gasteiger partial charge on any atom is -0.352 e. The van der Waals surface area contributed by atoms with Gasteiger partial charge in [-0.15, -0.1) is 0 Å².